The molecule has 17 heavy (non-hydrogen) atoms. The molecule has 1 saturated heterocycles. The van der Waals surface area contributed by atoms with Gasteiger partial charge in [0.1, 0.15) is 11.8 Å². The van der Waals surface area contributed by atoms with E-state index in [9.17, 15) is 0 Å². The van der Waals surface area contributed by atoms with Gasteiger partial charge in [-0.05, 0) is 50.2 Å². The number of nitriles is 1. The molecule has 0 spiro atoms. The quantitative estimate of drug-likeness (QED) is 0.829. The number of rotatable bonds is 4. The first-order valence-corrected chi connectivity index (χ1v) is 5.95. The summed E-state index contributed by atoms with van der Waals surface area (Å²) in [7, 11) is 0. The average molecular weight is 231 g/mol. The van der Waals surface area contributed by atoms with Gasteiger partial charge in [0, 0.05) is 11.7 Å². The first kappa shape index (κ1) is 11.7. The van der Waals surface area contributed by atoms with Crippen molar-refractivity contribution in [2.24, 2.45) is 0 Å². The smallest absolute Gasteiger partial charge is 0.174 e. The van der Waals surface area contributed by atoms with Crippen molar-refractivity contribution in [2.45, 2.75) is 18.9 Å². The van der Waals surface area contributed by atoms with Gasteiger partial charge in [-0.2, -0.15) is 5.26 Å². The Labute approximate surface area is 102 Å². The third-order valence-electron chi connectivity index (χ3n) is 2.87. The Kier molecular flexibility index (Phi) is 4.23. The van der Waals surface area contributed by atoms with Crippen LogP contribution in [0.5, 0.6) is 5.75 Å². The highest BCUT2D eigenvalue weighted by molar-refractivity contribution is 5.47. The van der Waals surface area contributed by atoms with Gasteiger partial charge in [0.05, 0.1) is 0 Å². The summed E-state index contributed by atoms with van der Waals surface area (Å²) in [6.45, 7) is 2.27. The first-order valence-electron chi connectivity index (χ1n) is 5.95. The van der Waals surface area contributed by atoms with E-state index in [2.05, 4.69) is 10.6 Å². The second kappa shape index (κ2) is 6.12. The van der Waals surface area contributed by atoms with Crippen LogP contribution >= 0.6 is 0 Å². The maximum absolute atomic E-state index is 8.41. The summed E-state index contributed by atoms with van der Waals surface area (Å²) in [6.07, 6.45) is 2.32. The fourth-order valence-electron chi connectivity index (χ4n) is 1.96. The lowest BCUT2D eigenvalue weighted by Crippen LogP contribution is -2.35. The minimum atomic E-state index is 0.0983. The second-order valence-electron chi connectivity index (χ2n) is 4.14. The highest BCUT2D eigenvalue weighted by atomic mass is 16.5. The van der Waals surface area contributed by atoms with Crippen molar-refractivity contribution in [3.63, 3.8) is 0 Å². The molecule has 0 saturated carbocycles. The van der Waals surface area contributed by atoms with Crippen molar-refractivity contribution >= 4 is 5.69 Å². The molecule has 90 valence electrons. The molecule has 0 amide bonds. The van der Waals surface area contributed by atoms with Gasteiger partial charge in [0.25, 0.3) is 0 Å². The van der Waals surface area contributed by atoms with E-state index < -0.39 is 0 Å². The molecular weight excluding hydrogens is 214 g/mol. The van der Waals surface area contributed by atoms with Crippen LogP contribution in [-0.2, 0) is 0 Å². The van der Waals surface area contributed by atoms with Gasteiger partial charge >= 0.3 is 0 Å². The summed E-state index contributed by atoms with van der Waals surface area (Å²) in [5, 5.41) is 15.3. The van der Waals surface area contributed by atoms with Crippen LogP contribution in [0.4, 0.5) is 5.69 Å². The number of hydrogen-bond donors (Lipinski definition) is 2. The molecule has 2 N–H and O–H groups in total. The molecule has 2 rings (SSSR count). The molecule has 0 atom stereocenters. The summed E-state index contributed by atoms with van der Waals surface area (Å²) in [4.78, 5) is 0. The van der Waals surface area contributed by atoms with E-state index in [0.717, 1.165) is 37.4 Å². The zero-order valence-corrected chi connectivity index (χ0v) is 9.78. The Morgan fingerprint density at radius 1 is 1.29 bits per heavy atom. The third kappa shape index (κ3) is 3.65. The molecule has 1 aromatic rings. The number of anilines is 1. The maximum atomic E-state index is 8.41. The largest absolute Gasteiger partial charge is 0.479 e. The molecule has 0 bridgehead atoms. The SMILES string of the molecule is N#CCOc1ccc(NC2CCNCC2)cc1. The lowest BCUT2D eigenvalue weighted by Gasteiger charge is -2.24. The molecule has 1 aliphatic heterocycles. The van der Waals surface area contributed by atoms with Crippen molar-refractivity contribution in [3.05, 3.63) is 24.3 Å². The normalized spacial score (nSPS) is 16.2. The van der Waals surface area contributed by atoms with Gasteiger partial charge in [-0.3, -0.25) is 0 Å². The fraction of sp³-hybridized carbons (Fsp3) is 0.462. The Morgan fingerprint density at radius 2 is 2.00 bits per heavy atom. The standard InChI is InChI=1S/C13H17N3O/c14-7-10-17-13-3-1-11(2-4-13)16-12-5-8-15-9-6-12/h1-4,12,15-16H,5-6,8-10H2. The summed E-state index contributed by atoms with van der Waals surface area (Å²) in [6, 6.07) is 10.3. The second-order valence-corrected chi connectivity index (χ2v) is 4.14. The minimum absolute atomic E-state index is 0.0983. The van der Waals surface area contributed by atoms with E-state index in [0.29, 0.717) is 6.04 Å². The van der Waals surface area contributed by atoms with Gasteiger partial charge in [-0.25, -0.2) is 0 Å². The zero-order chi connectivity index (χ0) is 11.9. The van der Waals surface area contributed by atoms with Crippen molar-refractivity contribution in [1.82, 2.24) is 5.32 Å². The van der Waals surface area contributed by atoms with E-state index in [1.807, 2.05) is 30.3 Å². The van der Waals surface area contributed by atoms with Crippen molar-refractivity contribution in [1.29, 1.82) is 5.26 Å². The van der Waals surface area contributed by atoms with Crippen LogP contribution < -0.4 is 15.4 Å². The minimum Gasteiger partial charge on any atom is -0.479 e. The van der Waals surface area contributed by atoms with Gasteiger partial charge < -0.3 is 15.4 Å². The molecule has 1 aliphatic rings. The molecular formula is C13H17N3O. The molecule has 0 aromatic heterocycles. The van der Waals surface area contributed by atoms with Gasteiger partial charge in [-0.1, -0.05) is 0 Å². The van der Waals surface area contributed by atoms with Crippen LogP contribution in [0, 0.1) is 11.3 Å². The van der Waals surface area contributed by atoms with Crippen LogP contribution in [0.25, 0.3) is 0 Å². The van der Waals surface area contributed by atoms with Crippen LogP contribution in [0.15, 0.2) is 24.3 Å². The monoisotopic (exact) mass is 231 g/mol. The van der Waals surface area contributed by atoms with Crippen LogP contribution in [0.2, 0.25) is 0 Å². The molecule has 1 heterocycles. The molecule has 1 fully saturated rings. The predicted molar refractivity (Wildman–Crippen MR) is 67.1 cm³/mol. The topological polar surface area (TPSA) is 57.1 Å². The predicted octanol–water partition coefficient (Wildman–Crippen LogP) is 1.75. The zero-order valence-electron chi connectivity index (χ0n) is 9.78. The number of ether oxygens (including phenoxy) is 1. The highest BCUT2D eigenvalue weighted by Crippen LogP contribution is 2.18. The summed E-state index contributed by atoms with van der Waals surface area (Å²) in [5.74, 6) is 0.738. The average Bonchev–Trinajstić information content (AvgIpc) is 2.39. The first-order chi connectivity index (χ1) is 8.38. The molecule has 0 unspecified atom stereocenters. The number of hydrogen-bond acceptors (Lipinski definition) is 4. The molecule has 4 nitrogen and oxygen atoms in total. The maximum Gasteiger partial charge on any atom is 0.174 e. The summed E-state index contributed by atoms with van der Waals surface area (Å²) >= 11 is 0. The van der Waals surface area contributed by atoms with Crippen LogP contribution in [-0.4, -0.2) is 25.7 Å². The molecule has 4 heteroatoms. The number of piperidine rings is 1. The molecule has 1 aromatic carbocycles. The van der Waals surface area contributed by atoms with E-state index in [1.165, 1.54) is 0 Å². The van der Waals surface area contributed by atoms with E-state index >= 15 is 0 Å². The van der Waals surface area contributed by atoms with Crippen molar-refractivity contribution < 1.29 is 4.74 Å². The Morgan fingerprint density at radius 3 is 2.65 bits per heavy atom. The summed E-state index contributed by atoms with van der Waals surface area (Å²) in [5.41, 5.74) is 1.11. The number of benzene rings is 1. The van der Waals surface area contributed by atoms with Crippen LogP contribution in [0.1, 0.15) is 12.8 Å². The molecule has 0 radical (unpaired) electrons. The third-order valence-corrected chi connectivity index (χ3v) is 2.87. The van der Waals surface area contributed by atoms with Crippen LogP contribution in [0.3, 0.4) is 0 Å². The lowest BCUT2D eigenvalue weighted by atomic mass is 10.1. The summed E-state index contributed by atoms with van der Waals surface area (Å²) < 4.78 is 5.20. The van der Waals surface area contributed by atoms with Crippen molar-refractivity contribution in [2.75, 3.05) is 25.0 Å². The number of nitrogens with zero attached hydrogens (tertiary/aromatic N) is 1. The van der Waals surface area contributed by atoms with E-state index in [4.69, 9.17) is 10.00 Å². The fourth-order valence-corrected chi connectivity index (χ4v) is 1.96. The van der Waals surface area contributed by atoms with E-state index in [1.54, 1.807) is 0 Å². The number of nitrogens with one attached hydrogen (secondary N) is 2. The van der Waals surface area contributed by atoms with Gasteiger partial charge in [0.2, 0.25) is 0 Å². The van der Waals surface area contributed by atoms with Gasteiger partial charge in [-0.15, -0.1) is 0 Å². The Hall–Kier alpha value is -1.73. The highest BCUT2D eigenvalue weighted by Gasteiger charge is 2.11. The van der Waals surface area contributed by atoms with Crippen molar-refractivity contribution in [3.8, 4) is 11.8 Å². The van der Waals surface area contributed by atoms with E-state index in [-0.39, 0.29) is 6.61 Å². The van der Waals surface area contributed by atoms with Gasteiger partial charge in [0.15, 0.2) is 6.61 Å². The lowest BCUT2D eigenvalue weighted by molar-refractivity contribution is 0.368. The Bertz CT molecular complexity index is 377. The molecule has 0 aliphatic carbocycles. The Balaban J connectivity index is 1.86.